The maximum Gasteiger partial charge on any atom is 0.328 e. The first-order chi connectivity index (χ1) is 59.2. The number of benzene rings is 4. The van der Waals surface area contributed by atoms with Crippen LogP contribution in [0.5, 0.6) is 0 Å². The van der Waals surface area contributed by atoms with Crippen molar-refractivity contribution in [3.05, 3.63) is 192 Å². The summed E-state index contributed by atoms with van der Waals surface area (Å²) in [5, 5.41) is 36.8. The first kappa shape index (κ1) is 99.1. The van der Waals surface area contributed by atoms with Crippen molar-refractivity contribution in [3.63, 3.8) is 0 Å². The molecule has 670 valence electrons. The largest absolute Gasteiger partial charge is 0.463 e. The number of esters is 4. The van der Waals surface area contributed by atoms with E-state index in [0.29, 0.717) is 61.4 Å². The monoisotopic (exact) mass is 1880 g/mol. The number of aromatic nitrogens is 8. The summed E-state index contributed by atoms with van der Waals surface area (Å²) in [7, 11) is -1.97. The number of likely N-dealkylation sites (N-methyl/N-ethyl adjacent to an activating group) is 3. The number of hydrogen-bond acceptors (Lipinski definition) is 30. The molecule has 0 aliphatic heterocycles. The Kier molecular flexibility index (Phi) is 35.8. The van der Waals surface area contributed by atoms with Crippen LogP contribution in [0.25, 0.3) is 84.0 Å². The average Bonchev–Trinajstić information content (AvgIpc) is 1.76. The van der Waals surface area contributed by atoms with Crippen molar-refractivity contribution < 1.29 is 82.0 Å². The summed E-state index contributed by atoms with van der Waals surface area (Å²) in [5.74, 6) is -1.10. The zero-order valence-electron chi connectivity index (χ0n) is 72.3. The lowest BCUT2D eigenvalue weighted by Crippen LogP contribution is -2.22. The second-order valence-electron chi connectivity index (χ2n) is 29.5. The Bertz CT molecular complexity index is 6210. The average molecular weight is 1880 g/mol. The lowest BCUT2D eigenvalue weighted by Gasteiger charge is -2.11. The number of sulfone groups is 4. The highest BCUT2D eigenvalue weighted by atomic mass is 32.2. The second kappa shape index (κ2) is 45.2. The molecule has 0 amide bonds. The molecule has 29 nitrogen and oxygen atoms in total. The molecule has 4 aromatic carbocycles. The van der Waals surface area contributed by atoms with Gasteiger partial charge in [-0.1, -0.05) is 69.3 Å². The first-order valence-electron chi connectivity index (χ1n) is 39.5. The molecule has 38 heteroatoms. The van der Waals surface area contributed by atoms with Crippen molar-refractivity contribution in [2.45, 2.75) is 107 Å². The number of carbonyl (C=O) groups is 4. The van der Waals surface area contributed by atoms with Crippen LogP contribution in [0.2, 0.25) is 0 Å². The SMILES string of the molecule is CCS(=O)(=O)c1cc(-c2ccc(-c3cc(C)nn3CC(=O)OCCN(C)C)s2)ccc1CO.CCS(=O)(=O)c1cc(-c2ccc(-c3cc(C)nn3CC(=O)OCSC)s2)ccc1CO.CCS(=O)(=O)c1cccc(-c2ccc(-c3cc(C)nn3CC(=O)OCCN(C)C)s2)c1.Cc1cc(-c2ccc(-c3cccc(S(C)(=O)=O)c3)s2)n(CC(=O)OCCN(C)C)n1. The van der Waals surface area contributed by atoms with E-state index >= 15 is 0 Å². The minimum absolute atomic E-state index is 0.00786. The normalized spacial score (nSPS) is 11.7. The molecular weight excluding hydrogens is 1780 g/mol. The van der Waals surface area contributed by atoms with Gasteiger partial charge in [0.1, 0.15) is 51.9 Å². The quantitative estimate of drug-likeness (QED) is 0.0209. The van der Waals surface area contributed by atoms with Crippen LogP contribution in [0.3, 0.4) is 0 Å². The van der Waals surface area contributed by atoms with Crippen LogP contribution < -0.4 is 0 Å². The van der Waals surface area contributed by atoms with Gasteiger partial charge in [-0.05, 0) is 219 Å². The van der Waals surface area contributed by atoms with Crippen LogP contribution in [0.4, 0.5) is 0 Å². The lowest BCUT2D eigenvalue weighted by atomic mass is 10.1. The molecular formula is C87H105N11O18S9. The fraction of sp³-hybridized carbons (Fsp3) is 0.356. The molecule has 8 aromatic heterocycles. The molecule has 2 N–H and O–H groups in total. The molecule has 0 unspecified atom stereocenters. The number of thiophene rings is 4. The van der Waals surface area contributed by atoms with E-state index < -0.39 is 39.3 Å². The molecule has 0 bridgehead atoms. The van der Waals surface area contributed by atoms with E-state index in [4.69, 9.17) is 18.9 Å². The van der Waals surface area contributed by atoms with E-state index in [-0.39, 0.29) is 95.2 Å². The number of thioether (sulfide) groups is 1. The summed E-state index contributed by atoms with van der Waals surface area (Å²) in [5.41, 5.74) is 10.4. The Morgan fingerprint density at radius 1 is 0.376 bits per heavy atom. The van der Waals surface area contributed by atoms with Crippen LogP contribution in [0.15, 0.2) is 177 Å². The maximum absolute atomic E-state index is 12.5. The third kappa shape index (κ3) is 27.9. The third-order valence-corrected chi connectivity index (χ3v) is 30.2. The van der Waals surface area contributed by atoms with E-state index in [1.807, 2.05) is 176 Å². The van der Waals surface area contributed by atoms with Crippen LogP contribution in [-0.4, -0.2) is 239 Å². The summed E-state index contributed by atoms with van der Waals surface area (Å²) < 4.78 is 126. The first-order valence-corrected chi connectivity index (χ1v) is 51.0. The molecule has 0 radical (unpaired) electrons. The number of ether oxygens (including phenoxy) is 4. The molecule has 0 saturated heterocycles. The molecule has 125 heavy (non-hydrogen) atoms. The van der Waals surface area contributed by atoms with Crippen molar-refractivity contribution in [2.24, 2.45) is 0 Å². The molecule has 0 aliphatic rings. The molecule has 0 spiro atoms. The van der Waals surface area contributed by atoms with Crippen molar-refractivity contribution >= 4 is 120 Å². The highest BCUT2D eigenvalue weighted by Crippen LogP contribution is 2.41. The van der Waals surface area contributed by atoms with E-state index in [9.17, 15) is 63.1 Å². The molecule has 0 aliphatic carbocycles. The van der Waals surface area contributed by atoms with Gasteiger partial charge in [0.2, 0.25) is 0 Å². The molecule has 8 heterocycles. The zero-order chi connectivity index (χ0) is 91.3. The smallest absolute Gasteiger partial charge is 0.328 e. The van der Waals surface area contributed by atoms with Gasteiger partial charge >= 0.3 is 23.9 Å². The predicted molar refractivity (Wildman–Crippen MR) is 494 cm³/mol. The number of rotatable bonds is 36. The van der Waals surface area contributed by atoms with Crippen LogP contribution in [-0.2, 0) is 117 Å². The highest BCUT2D eigenvalue weighted by Gasteiger charge is 2.25. The van der Waals surface area contributed by atoms with Crippen molar-refractivity contribution in [2.75, 3.05) is 117 Å². The Morgan fingerprint density at radius 3 is 0.936 bits per heavy atom. The van der Waals surface area contributed by atoms with Crippen molar-refractivity contribution in [1.82, 2.24) is 53.8 Å². The fourth-order valence-corrected chi connectivity index (χ4v) is 20.5. The van der Waals surface area contributed by atoms with E-state index in [0.717, 1.165) is 107 Å². The van der Waals surface area contributed by atoms with Gasteiger partial charge < -0.3 is 43.9 Å². The predicted octanol–water partition coefficient (Wildman–Crippen LogP) is 13.3. The van der Waals surface area contributed by atoms with E-state index in [1.54, 1.807) is 112 Å². The minimum Gasteiger partial charge on any atom is -0.463 e. The lowest BCUT2D eigenvalue weighted by molar-refractivity contribution is -0.145. The molecule has 12 rings (SSSR count). The van der Waals surface area contributed by atoms with Crippen LogP contribution in [0, 0.1) is 27.7 Å². The number of carbonyl (C=O) groups excluding carboxylic acids is 4. The topological polar surface area (TPSA) is 363 Å². The summed E-state index contributed by atoms with van der Waals surface area (Å²) in [4.78, 5) is 62.8. The van der Waals surface area contributed by atoms with Gasteiger partial charge in [0.05, 0.1) is 115 Å². The summed E-state index contributed by atoms with van der Waals surface area (Å²) in [6.45, 7) is 14.7. The Labute approximate surface area is 750 Å². The Hall–Kier alpha value is -9.65. The van der Waals surface area contributed by atoms with E-state index in [1.165, 1.54) is 63.4 Å². The summed E-state index contributed by atoms with van der Waals surface area (Å²) >= 11 is 7.43. The van der Waals surface area contributed by atoms with Gasteiger partial charge in [-0.25, -0.2) is 33.7 Å². The molecule has 12 aromatic rings. The van der Waals surface area contributed by atoms with E-state index in [2.05, 4.69) is 20.4 Å². The van der Waals surface area contributed by atoms with Gasteiger partial charge in [0, 0.05) is 45.4 Å². The second-order valence-corrected chi connectivity index (χ2v) is 43.4. The minimum atomic E-state index is -3.47. The Morgan fingerprint density at radius 2 is 0.656 bits per heavy atom. The van der Waals surface area contributed by atoms with Crippen molar-refractivity contribution in [1.29, 1.82) is 0 Å². The number of aryl methyl sites for hydroxylation is 4. The molecule has 0 fully saturated rings. The fourth-order valence-electron chi connectivity index (χ4n) is 12.3. The standard InChI is InChI=1S/C23H29N3O5S2.C22H27N3O4S2.C21H25N3O4S2.C21H24N2O5S3/c1-5-33(29,30)22-13-17(6-7-18(22)15-27)20-8-9-21(32-20)19-12-16(2)24-26(19)14-23(28)31-11-10-25(3)4;1-5-31(27,28)18-8-6-7-17(14-18)20-9-10-21(30-20)19-13-16(2)23-25(19)15-22(26)29-12-11-24(3)4;1-15-12-18(24(22-15)14-21(25)28-11-10-23(2)3)20-9-8-19(29-20)16-6-5-7-17(13-16)30(4,26)27;1-4-31(26,27)20-10-15(5-6-16(20)12-24)18-7-8-19(30-18)17-9-14(2)22-23(17)11-21(25)28-13-29-3/h6-9,12-13,27H,5,10-11,14-15H2,1-4H3;6-10,13-14H,5,11-12,15H2,1-4H3;5-9,12-13H,10-11,14H2,1-4H3;5-10,24H,4,11-13H2,1-3H3. The number of aliphatic hydroxyl groups is 2. The van der Waals surface area contributed by atoms with Gasteiger partial charge in [0.25, 0.3) is 0 Å². The van der Waals surface area contributed by atoms with Crippen molar-refractivity contribution in [3.8, 4) is 84.0 Å². The highest BCUT2D eigenvalue weighted by molar-refractivity contribution is 7.98. The van der Waals surface area contributed by atoms with Crippen LogP contribution >= 0.6 is 57.1 Å². The number of hydrogen-bond donors (Lipinski definition) is 2. The molecule has 0 saturated carbocycles. The molecule has 0 atom stereocenters. The van der Waals surface area contributed by atoms with Crippen LogP contribution in [0.1, 0.15) is 54.7 Å². The van der Waals surface area contributed by atoms with Gasteiger partial charge in [-0.15, -0.1) is 57.1 Å². The number of nitrogens with zero attached hydrogens (tertiary/aromatic N) is 11. The summed E-state index contributed by atoms with van der Waals surface area (Å²) in [6.07, 6.45) is 3.05. The van der Waals surface area contributed by atoms with Gasteiger partial charge in [-0.3, -0.25) is 37.9 Å². The third-order valence-electron chi connectivity index (χ3n) is 18.8. The summed E-state index contributed by atoms with van der Waals surface area (Å²) in [6, 6.07) is 47.2. The number of aliphatic hydroxyl groups excluding tert-OH is 2. The maximum atomic E-state index is 12.5. The Balaban J connectivity index is 0.000000189. The zero-order valence-corrected chi connectivity index (χ0v) is 79.7. The van der Waals surface area contributed by atoms with Gasteiger partial charge in [-0.2, -0.15) is 20.4 Å². The van der Waals surface area contributed by atoms with Gasteiger partial charge in [0.15, 0.2) is 39.3 Å².